The van der Waals surface area contributed by atoms with Crippen molar-refractivity contribution in [3.63, 3.8) is 0 Å². The smallest absolute Gasteiger partial charge is 0.343 e. The molecule has 0 spiro atoms. The van der Waals surface area contributed by atoms with Crippen molar-refractivity contribution >= 4 is 22.8 Å². The number of rotatable bonds is 4. The molecule has 0 aromatic carbocycles. The van der Waals surface area contributed by atoms with Crippen molar-refractivity contribution in [1.29, 1.82) is 0 Å². The van der Waals surface area contributed by atoms with Crippen LogP contribution >= 0.6 is 0 Å². The Morgan fingerprint density at radius 2 is 2.32 bits per heavy atom. The molecule has 1 saturated heterocycles. The molecule has 0 radical (unpaired) electrons. The van der Waals surface area contributed by atoms with Gasteiger partial charge in [-0.1, -0.05) is 5.16 Å². The quantitative estimate of drug-likeness (QED) is 0.665. The molecule has 0 saturated carbocycles. The summed E-state index contributed by atoms with van der Waals surface area (Å²) in [5, 5.41) is 3.58. The summed E-state index contributed by atoms with van der Waals surface area (Å²) in [5.41, 5.74) is 5.15. The molecular formula is C18H18FN5O4. The number of pyridine rings is 2. The average Bonchev–Trinajstić information content (AvgIpc) is 3.34. The van der Waals surface area contributed by atoms with Crippen LogP contribution in [0.1, 0.15) is 23.7 Å². The molecule has 1 aliphatic heterocycles. The van der Waals surface area contributed by atoms with Crippen molar-refractivity contribution < 1.29 is 18.4 Å². The van der Waals surface area contributed by atoms with E-state index in [0.29, 0.717) is 13.1 Å². The van der Waals surface area contributed by atoms with Crippen molar-refractivity contribution in [2.24, 2.45) is 5.73 Å². The fourth-order valence-electron chi connectivity index (χ4n) is 3.27. The van der Waals surface area contributed by atoms with Crippen molar-refractivity contribution in [3.05, 3.63) is 46.1 Å². The molecule has 1 atom stereocenters. The van der Waals surface area contributed by atoms with Crippen molar-refractivity contribution in [2.45, 2.75) is 19.4 Å². The fraction of sp³-hybridized carbons (Fsp3) is 0.333. The van der Waals surface area contributed by atoms with Gasteiger partial charge in [-0.05, 0) is 19.4 Å². The second-order valence-corrected chi connectivity index (χ2v) is 6.47. The zero-order valence-corrected chi connectivity index (χ0v) is 15.1. The minimum atomic E-state index is -0.808. The molecule has 1 fully saturated rings. The standard InChI is InChI=1S/C18H18FN5O4/c1-2-27-18(26)12-9-24(14-3-5-21-28-14)16-11(15(12)25)7-13(19)17(22-16)23-6-4-10(20)8-23/h3,5,7,9-10H,2,4,6,8,20H2,1H3. The largest absolute Gasteiger partial charge is 0.462 e. The van der Waals surface area contributed by atoms with Gasteiger partial charge in [0.25, 0.3) is 0 Å². The molecule has 3 aromatic rings. The molecule has 0 amide bonds. The van der Waals surface area contributed by atoms with E-state index in [1.54, 1.807) is 11.8 Å². The van der Waals surface area contributed by atoms with Crippen LogP contribution in [0.3, 0.4) is 0 Å². The molecule has 1 aliphatic rings. The lowest BCUT2D eigenvalue weighted by Gasteiger charge is -2.19. The lowest BCUT2D eigenvalue weighted by Crippen LogP contribution is -2.28. The van der Waals surface area contributed by atoms with Crippen LogP contribution in [-0.4, -0.2) is 46.4 Å². The second kappa shape index (κ2) is 7.04. The topological polar surface area (TPSA) is 116 Å². The van der Waals surface area contributed by atoms with Crippen LogP contribution in [0.25, 0.3) is 16.9 Å². The van der Waals surface area contributed by atoms with Gasteiger partial charge >= 0.3 is 5.97 Å². The third kappa shape index (κ3) is 3.01. The van der Waals surface area contributed by atoms with Gasteiger partial charge in [0.2, 0.25) is 11.3 Å². The number of anilines is 1. The summed E-state index contributed by atoms with van der Waals surface area (Å²) in [6, 6.07) is 2.55. The van der Waals surface area contributed by atoms with E-state index in [2.05, 4.69) is 10.1 Å². The minimum Gasteiger partial charge on any atom is -0.462 e. The van der Waals surface area contributed by atoms with Gasteiger partial charge in [0, 0.05) is 31.4 Å². The Balaban J connectivity index is 1.97. The van der Waals surface area contributed by atoms with Crippen LogP contribution in [-0.2, 0) is 4.74 Å². The maximum atomic E-state index is 14.8. The Kier molecular flexibility index (Phi) is 4.55. The molecule has 3 aromatic heterocycles. The zero-order chi connectivity index (χ0) is 19.8. The maximum absolute atomic E-state index is 14.8. The van der Waals surface area contributed by atoms with Crippen LogP contribution in [0, 0.1) is 5.82 Å². The Morgan fingerprint density at radius 3 is 2.96 bits per heavy atom. The highest BCUT2D eigenvalue weighted by molar-refractivity contribution is 5.93. The number of nitrogens with zero attached hydrogens (tertiary/aromatic N) is 4. The summed E-state index contributed by atoms with van der Waals surface area (Å²) in [4.78, 5) is 31.1. The van der Waals surface area contributed by atoms with E-state index in [9.17, 15) is 14.0 Å². The van der Waals surface area contributed by atoms with Crippen LogP contribution < -0.4 is 16.1 Å². The zero-order valence-electron chi connectivity index (χ0n) is 15.1. The monoisotopic (exact) mass is 387 g/mol. The van der Waals surface area contributed by atoms with Gasteiger partial charge in [-0.2, -0.15) is 0 Å². The first-order chi connectivity index (χ1) is 13.5. The van der Waals surface area contributed by atoms with Gasteiger partial charge in [0.05, 0.1) is 18.2 Å². The highest BCUT2D eigenvalue weighted by Gasteiger charge is 2.26. The van der Waals surface area contributed by atoms with Gasteiger partial charge in [0.15, 0.2) is 17.3 Å². The van der Waals surface area contributed by atoms with E-state index >= 15 is 0 Å². The number of nitrogens with two attached hydrogens (primary N) is 1. The molecule has 9 nitrogen and oxygen atoms in total. The normalized spacial score (nSPS) is 16.7. The number of ether oxygens (including phenoxy) is 1. The Bertz CT molecular complexity index is 1100. The lowest BCUT2D eigenvalue weighted by molar-refractivity contribution is 0.0524. The average molecular weight is 387 g/mol. The molecule has 1 unspecified atom stereocenters. The van der Waals surface area contributed by atoms with Crippen LogP contribution in [0.5, 0.6) is 0 Å². The first-order valence-corrected chi connectivity index (χ1v) is 8.84. The number of esters is 1. The van der Waals surface area contributed by atoms with E-state index < -0.39 is 17.2 Å². The predicted octanol–water partition coefficient (Wildman–Crippen LogP) is 1.23. The summed E-state index contributed by atoms with van der Waals surface area (Å²) in [6.07, 6.45) is 3.40. The first kappa shape index (κ1) is 18.1. The molecule has 28 heavy (non-hydrogen) atoms. The molecule has 10 heteroatoms. The molecule has 4 rings (SSSR count). The summed E-state index contributed by atoms with van der Waals surface area (Å²) in [6.45, 7) is 2.74. The fourth-order valence-corrected chi connectivity index (χ4v) is 3.27. The maximum Gasteiger partial charge on any atom is 0.343 e. The molecule has 4 heterocycles. The molecule has 2 N–H and O–H groups in total. The van der Waals surface area contributed by atoms with E-state index in [1.807, 2.05) is 0 Å². The van der Waals surface area contributed by atoms with Crippen LogP contribution in [0.4, 0.5) is 10.2 Å². The minimum absolute atomic E-state index is 0.0632. The second-order valence-electron chi connectivity index (χ2n) is 6.47. The number of fused-ring (bicyclic) bond motifs is 1. The van der Waals surface area contributed by atoms with E-state index in [4.69, 9.17) is 15.0 Å². The number of carbonyl (C=O) groups is 1. The lowest BCUT2D eigenvalue weighted by atomic mass is 10.2. The molecule has 0 bridgehead atoms. The summed E-state index contributed by atoms with van der Waals surface area (Å²) < 4.78 is 26.3. The summed E-state index contributed by atoms with van der Waals surface area (Å²) in [7, 11) is 0. The van der Waals surface area contributed by atoms with Crippen molar-refractivity contribution in [3.8, 4) is 5.88 Å². The highest BCUT2D eigenvalue weighted by atomic mass is 19.1. The van der Waals surface area contributed by atoms with Gasteiger partial charge in [-0.15, -0.1) is 0 Å². The Hall–Kier alpha value is -3.27. The summed E-state index contributed by atoms with van der Waals surface area (Å²) in [5.74, 6) is -1.16. The number of hydrogen-bond donors (Lipinski definition) is 1. The Morgan fingerprint density at radius 1 is 1.50 bits per heavy atom. The van der Waals surface area contributed by atoms with Gasteiger partial charge in [-0.3, -0.25) is 9.36 Å². The van der Waals surface area contributed by atoms with Gasteiger partial charge in [-0.25, -0.2) is 14.2 Å². The van der Waals surface area contributed by atoms with E-state index in [-0.39, 0.29) is 40.9 Å². The van der Waals surface area contributed by atoms with Crippen LogP contribution in [0.2, 0.25) is 0 Å². The Labute approximate surface area is 158 Å². The van der Waals surface area contributed by atoms with Crippen molar-refractivity contribution in [2.75, 3.05) is 24.6 Å². The molecule has 0 aliphatic carbocycles. The summed E-state index contributed by atoms with van der Waals surface area (Å²) >= 11 is 0. The number of hydrogen-bond acceptors (Lipinski definition) is 8. The van der Waals surface area contributed by atoms with Gasteiger partial charge in [0.1, 0.15) is 5.56 Å². The van der Waals surface area contributed by atoms with E-state index in [0.717, 1.165) is 12.5 Å². The number of aromatic nitrogens is 3. The van der Waals surface area contributed by atoms with E-state index in [1.165, 1.54) is 23.0 Å². The highest BCUT2D eigenvalue weighted by Crippen LogP contribution is 2.25. The van der Waals surface area contributed by atoms with Gasteiger partial charge < -0.3 is 19.9 Å². The third-order valence-electron chi connectivity index (χ3n) is 4.59. The number of carbonyl (C=O) groups excluding carboxylic acids is 1. The van der Waals surface area contributed by atoms with Crippen molar-refractivity contribution in [1.82, 2.24) is 14.7 Å². The molecular weight excluding hydrogens is 369 g/mol. The van der Waals surface area contributed by atoms with Crippen LogP contribution in [0.15, 0.2) is 33.8 Å². The third-order valence-corrected chi connectivity index (χ3v) is 4.59. The SMILES string of the molecule is CCOC(=O)c1cn(-c2ccno2)c2nc(N3CCC(N)C3)c(F)cc2c1=O. The number of halogens is 1. The predicted molar refractivity (Wildman–Crippen MR) is 98.1 cm³/mol. The molecule has 146 valence electrons. The first-order valence-electron chi connectivity index (χ1n) is 8.84.